The molecular formula is C15H20O3. The minimum absolute atomic E-state index is 0.0857. The van der Waals surface area contributed by atoms with Gasteiger partial charge in [-0.15, -0.1) is 0 Å². The van der Waals surface area contributed by atoms with Crippen molar-refractivity contribution in [2.75, 3.05) is 0 Å². The third-order valence-electron chi connectivity index (χ3n) is 3.62. The number of rotatable bonds is 4. The molecule has 0 bridgehead atoms. The van der Waals surface area contributed by atoms with Gasteiger partial charge in [-0.1, -0.05) is 37.3 Å². The van der Waals surface area contributed by atoms with E-state index in [1.807, 2.05) is 30.3 Å². The van der Waals surface area contributed by atoms with Crippen LogP contribution in [-0.2, 0) is 9.53 Å². The van der Waals surface area contributed by atoms with Crippen molar-refractivity contribution in [1.82, 2.24) is 0 Å². The van der Waals surface area contributed by atoms with Crippen LogP contribution in [0.4, 0.5) is 0 Å². The van der Waals surface area contributed by atoms with Crippen LogP contribution in [0.1, 0.15) is 44.3 Å². The molecule has 0 radical (unpaired) electrons. The molecule has 1 aliphatic carbocycles. The quantitative estimate of drug-likeness (QED) is 0.888. The van der Waals surface area contributed by atoms with Gasteiger partial charge in [0.05, 0.1) is 6.10 Å². The Kier molecular flexibility index (Phi) is 4.37. The van der Waals surface area contributed by atoms with Crippen molar-refractivity contribution < 1.29 is 14.6 Å². The molecular weight excluding hydrogens is 228 g/mol. The maximum absolute atomic E-state index is 11.3. The van der Waals surface area contributed by atoms with E-state index in [2.05, 4.69) is 6.92 Å². The zero-order valence-electron chi connectivity index (χ0n) is 10.7. The lowest BCUT2D eigenvalue weighted by molar-refractivity contribution is -0.156. The van der Waals surface area contributed by atoms with Crippen molar-refractivity contribution in [2.45, 2.75) is 44.8 Å². The summed E-state index contributed by atoms with van der Waals surface area (Å²) < 4.78 is 5.79. The van der Waals surface area contributed by atoms with Crippen LogP contribution in [0.25, 0.3) is 0 Å². The Morgan fingerprint density at radius 3 is 2.39 bits per heavy atom. The van der Waals surface area contributed by atoms with Crippen molar-refractivity contribution in [1.29, 1.82) is 0 Å². The number of carboxylic acids is 1. The number of carboxylic acid groups (broad SMARTS) is 1. The van der Waals surface area contributed by atoms with E-state index in [1.165, 1.54) is 0 Å². The molecule has 0 aliphatic heterocycles. The van der Waals surface area contributed by atoms with Gasteiger partial charge in [0.2, 0.25) is 0 Å². The predicted octanol–water partition coefficient (Wildman–Crippen LogP) is 3.41. The lowest BCUT2D eigenvalue weighted by Crippen LogP contribution is -2.26. The van der Waals surface area contributed by atoms with Gasteiger partial charge in [0.25, 0.3) is 0 Å². The van der Waals surface area contributed by atoms with Crippen molar-refractivity contribution in [3.63, 3.8) is 0 Å². The molecule has 98 valence electrons. The number of ether oxygens (including phenoxy) is 1. The van der Waals surface area contributed by atoms with Gasteiger partial charge >= 0.3 is 5.97 Å². The number of hydrogen-bond donors (Lipinski definition) is 1. The topological polar surface area (TPSA) is 46.5 Å². The van der Waals surface area contributed by atoms with Gasteiger partial charge in [-0.25, -0.2) is 4.79 Å². The molecule has 2 rings (SSSR count). The molecule has 3 nitrogen and oxygen atoms in total. The van der Waals surface area contributed by atoms with E-state index in [1.54, 1.807) is 0 Å². The maximum Gasteiger partial charge on any atom is 0.337 e. The van der Waals surface area contributed by atoms with Crippen molar-refractivity contribution in [2.24, 2.45) is 5.92 Å². The van der Waals surface area contributed by atoms with E-state index in [4.69, 9.17) is 4.74 Å². The third-order valence-corrected chi connectivity index (χ3v) is 3.62. The number of carbonyl (C=O) groups is 1. The van der Waals surface area contributed by atoms with Crippen LogP contribution in [-0.4, -0.2) is 17.2 Å². The fraction of sp³-hybridized carbons (Fsp3) is 0.533. The summed E-state index contributed by atoms with van der Waals surface area (Å²) in [6.07, 6.45) is 3.46. The van der Waals surface area contributed by atoms with Crippen LogP contribution in [0.15, 0.2) is 30.3 Å². The zero-order valence-corrected chi connectivity index (χ0v) is 10.7. The van der Waals surface area contributed by atoms with Crippen LogP contribution in [0, 0.1) is 5.92 Å². The molecule has 1 N–H and O–H groups in total. The molecule has 1 fully saturated rings. The molecule has 0 amide bonds. The predicted molar refractivity (Wildman–Crippen MR) is 69.3 cm³/mol. The Morgan fingerprint density at radius 2 is 1.83 bits per heavy atom. The van der Waals surface area contributed by atoms with Gasteiger partial charge in [-0.3, -0.25) is 0 Å². The smallest absolute Gasteiger partial charge is 0.337 e. The minimum atomic E-state index is -0.903. The molecule has 0 heterocycles. The molecule has 0 spiro atoms. The van der Waals surface area contributed by atoms with Gasteiger partial charge < -0.3 is 9.84 Å². The molecule has 1 aliphatic rings. The second-order valence-electron chi connectivity index (χ2n) is 5.15. The fourth-order valence-corrected chi connectivity index (χ4v) is 2.47. The summed E-state index contributed by atoms with van der Waals surface area (Å²) in [5, 5.41) is 9.28. The van der Waals surface area contributed by atoms with E-state index >= 15 is 0 Å². The second-order valence-corrected chi connectivity index (χ2v) is 5.15. The molecule has 18 heavy (non-hydrogen) atoms. The van der Waals surface area contributed by atoms with Crippen LogP contribution in [0.3, 0.4) is 0 Å². The van der Waals surface area contributed by atoms with E-state index in [9.17, 15) is 9.90 Å². The van der Waals surface area contributed by atoms with Gasteiger partial charge in [-0.05, 0) is 37.2 Å². The Balaban J connectivity index is 2.01. The fourth-order valence-electron chi connectivity index (χ4n) is 2.47. The highest BCUT2D eigenvalue weighted by Crippen LogP contribution is 2.29. The van der Waals surface area contributed by atoms with Gasteiger partial charge in [0.15, 0.2) is 6.10 Å². The first-order valence-corrected chi connectivity index (χ1v) is 6.60. The summed E-state index contributed by atoms with van der Waals surface area (Å²) >= 11 is 0. The van der Waals surface area contributed by atoms with E-state index in [0.717, 1.165) is 37.2 Å². The van der Waals surface area contributed by atoms with Crippen molar-refractivity contribution in [3.05, 3.63) is 35.9 Å². The summed E-state index contributed by atoms with van der Waals surface area (Å²) in [5.41, 5.74) is 0.726. The molecule has 1 aromatic rings. The van der Waals surface area contributed by atoms with Crippen LogP contribution in [0.5, 0.6) is 0 Å². The van der Waals surface area contributed by atoms with E-state index in [0.29, 0.717) is 0 Å². The Hall–Kier alpha value is -1.35. The number of benzene rings is 1. The molecule has 1 unspecified atom stereocenters. The van der Waals surface area contributed by atoms with E-state index in [-0.39, 0.29) is 6.10 Å². The van der Waals surface area contributed by atoms with Crippen LogP contribution < -0.4 is 0 Å². The number of aliphatic carboxylic acids is 1. The third kappa shape index (κ3) is 3.33. The summed E-state index contributed by atoms with van der Waals surface area (Å²) in [5.74, 6) is -0.162. The summed E-state index contributed by atoms with van der Waals surface area (Å²) in [6, 6.07) is 9.19. The van der Waals surface area contributed by atoms with E-state index < -0.39 is 12.1 Å². The monoisotopic (exact) mass is 248 g/mol. The summed E-state index contributed by atoms with van der Waals surface area (Å²) in [4.78, 5) is 11.3. The lowest BCUT2D eigenvalue weighted by Gasteiger charge is -2.28. The first-order chi connectivity index (χ1) is 8.66. The minimum Gasteiger partial charge on any atom is -0.479 e. The molecule has 0 saturated heterocycles. The summed E-state index contributed by atoms with van der Waals surface area (Å²) in [6.45, 7) is 2.24. The zero-order chi connectivity index (χ0) is 13.0. The first-order valence-electron chi connectivity index (χ1n) is 6.60. The summed E-state index contributed by atoms with van der Waals surface area (Å²) in [7, 11) is 0. The molecule has 3 heteroatoms. The highest BCUT2D eigenvalue weighted by molar-refractivity contribution is 5.74. The van der Waals surface area contributed by atoms with Gasteiger partial charge in [0, 0.05) is 0 Å². The number of hydrogen-bond acceptors (Lipinski definition) is 2. The molecule has 1 saturated carbocycles. The van der Waals surface area contributed by atoms with Gasteiger partial charge in [-0.2, -0.15) is 0 Å². The normalized spacial score (nSPS) is 25.6. The Morgan fingerprint density at radius 1 is 1.22 bits per heavy atom. The van der Waals surface area contributed by atoms with Crippen LogP contribution >= 0.6 is 0 Å². The highest BCUT2D eigenvalue weighted by atomic mass is 16.5. The Labute approximate surface area is 108 Å². The van der Waals surface area contributed by atoms with Crippen LogP contribution in [0.2, 0.25) is 0 Å². The lowest BCUT2D eigenvalue weighted by atomic mass is 9.89. The largest absolute Gasteiger partial charge is 0.479 e. The highest BCUT2D eigenvalue weighted by Gasteiger charge is 2.27. The maximum atomic E-state index is 11.3. The standard InChI is InChI=1S/C15H20O3/c1-11-7-9-13(10-8-11)18-14(15(16)17)12-5-3-2-4-6-12/h2-6,11,13-14H,7-10H2,1H3,(H,16,17). The van der Waals surface area contributed by atoms with Crippen molar-refractivity contribution >= 4 is 5.97 Å². The molecule has 1 atom stereocenters. The van der Waals surface area contributed by atoms with Gasteiger partial charge in [0.1, 0.15) is 0 Å². The Bertz CT molecular complexity index is 380. The average molecular weight is 248 g/mol. The average Bonchev–Trinajstić information content (AvgIpc) is 2.38. The van der Waals surface area contributed by atoms with Crippen molar-refractivity contribution in [3.8, 4) is 0 Å². The molecule has 0 aromatic heterocycles. The second kappa shape index (κ2) is 6.01. The first kappa shape index (κ1) is 13.1. The molecule has 1 aromatic carbocycles. The SMILES string of the molecule is CC1CCC(OC(C(=O)O)c2ccccc2)CC1.